The van der Waals surface area contributed by atoms with Gasteiger partial charge in [0.05, 0.1) is 0 Å². The topological polar surface area (TPSA) is 115 Å². The van der Waals surface area contributed by atoms with Crippen molar-refractivity contribution in [3.05, 3.63) is 0 Å². The molecule has 0 aromatic rings. The van der Waals surface area contributed by atoms with Crippen molar-refractivity contribution in [3.8, 4) is 0 Å². The standard InChI is InChI=1S/C15H27NO6/c1-2-3-4-5-6-7-8-9-13(18)16(15(21)22)12(10-11-17)14(19)20/h12,17H,2-11H2,1H3,(H,19,20)(H,21,22)/t12-/m0/s1. The number of rotatable bonds is 12. The molecule has 0 unspecified atom stereocenters. The van der Waals surface area contributed by atoms with Gasteiger partial charge >= 0.3 is 12.1 Å². The average molecular weight is 317 g/mol. The fourth-order valence-electron chi connectivity index (χ4n) is 2.25. The Balaban J connectivity index is 4.31. The summed E-state index contributed by atoms with van der Waals surface area (Å²) >= 11 is 0. The average Bonchev–Trinajstić information content (AvgIpc) is 2.45. The molecule has 7 heteroatoms. The van der Waals surface area contributed by atoms with Gasteiger partial charge in [-0.1, -0.05) is 45.4 Å². The summed E-state index contributed by atoms with van der Waals surface area (Å²) < 4.78 is 0. The largest absolute Gasteiger partial charge is 0.480 e. The number of hydrogen-bond acceptors (Lipinski definition) is 4. The first kappa shape index (κ1) is 20.4. The Bertz CT molecular complexity index is 358. The number of unbranched alkanes of at least 4 members (excludes halogenated alkanes) is 6. The summed E-state index contributed by atoms with van der Waals surface area (Å²) in [5, 5.41) is 26.9. The zero-order valence-corrected chi connectivity index (χ0v) is 13.2. The number of imide groups is 1. The van der Waals surface area contributed by atoms with Crippen molar-refractivity contribution in [2.75, 3.05) is 6.61 Å². The first-order chi connectivity index (χ1) is 10.5. The molecule has 0 aliphatic rings. The van der Waals surface area contributed by atoms with Gasteiger partial charge in [0.25, 0.3) is 0 Å². The molecular formula is C15H27NO6. The van der Waals surface area contributed by atoms with Crippen LogP contribution in [0.25, 0.3) is 0 Å². The van der Waals surface area contributed by atoms with E-state index in [0.717, 1.165) is 32.1 Å². The maximum atomic E-state index is 11.9. The van der Waals surface area contributed by atoms with Crippen molar-refractivity contribution < 1.29 is 29.7 Å². The zero-order valence-electron chi connectivity index (χ0n) is 13.2. The van der Waals surface area contributed by atoms with Crippen LogP contribution < -0.4 is 0 Å². The molecule has 7 nitrogen and oxygen atoms in total. The van der Waals surface area contributed by atoms with E-state index in [4.69, 9.17) is 15.3 Å². The molecule has 0 fully saturated rings. The van der Waals surface area contributed by atoms with Gasteiger partial charge in [0.15, 0.2) is 0 Å². The van der Waals surface area contributed by atoms with Gasteiger partial charge in [0.1, 0.15) is 6.04 Å². The van der Waals surface area contributed by atoms with Crippen molar-refractivity contribution in [1.82, 2.24) is 4.90 Å². The molecule has 22 heavy (non-hydrogen) atoms. The summed E-state index contributed by atoms with van der Waals surface area (Å²) in [6.45, 7) is 1.63. The lowest BCUT2D eigenvalue weighted by atomic mass is 10.1. The second kappa shape index (κ2) is 12.0. The fourth-order valence-corrected chi connectivity index (χ4v) is 2.25. The van der Waals surface area contributed by atoms with Crippen molar-refractivity contribution in [2.24, 2.45) is 0 Å². The number of carboxylic acid groups (broad SMARTS) is 2. The zero-order chi connectivity index (χ0) is 17.0. The van der Waals surface area contributed by atoms with Crippen LogP contribution in [0.5, 0.6) is 0 Å². The van der Waals surface area contributed by atoms with Crippen LogP contribution in [-0.4, -0.2) is 50.8 Å². The molecule has 0 rings (SSSR count). The summed E-state index contributed by atoms with van der Waals surface area (Å²) in [4.78, 5) is 34.4. The number of hydrogen-bond donors (Lipinski definition) is 3. The molecule has 1 atom stereocenters. The molecule has 0 saturated heterocycles. The summed E-state index contributed by atoms with van der Waals surface area (Å²) in [5.41, 5.74) is 0. The SMILES string of the molecule is CCCCCCCCCC(=O)N(C(=O)O)[C@@H](CCO)C(=O)O. The minimum atomic E-state index is -1.59. The molecular weight excluding hydrogens is 290 g/mol. The van der Waals surface area contributed by atoms with E-state index in [9.17, 15) is 14.4 Å². The molecule has 0 aliphatic heterocycles. The summed E-state index contributed by atoms with van der Waals surface area (Å²) in [6, 6.07) is -1.53. The summed E-state index contributed by atoms with van der Waals surface area (Å²) in [5.74, 6) is -2.15. The van der Waals surface area contributed by atoms with Crippen LogP contribution >= 0.6 is 0 Å². The highest BCUT2D eigenvalue weighted by Crippen LogP contribution is 2.13. The molecule has 0 heterocycles. The van der Waals surface area contributed by atoms with Crippen molar-refractivity contribution in [2.45, 2.75) is 70.8 Å². The van der Waals surface area contributed by atoms with Gasteiger partial charge in [-0.25, -0.2) is 14.5 Å². The third-order valence-electron chi connectivity index (χ3n) is 3.47. The van der Waals surface area contributed by atoms with Crippen LogP contribution in [0.4, 0.5) is 4.79 Å². The van der Waals surface area contributed by atoms with E-state index >= 15 is 0 Å². The Kier molecular flexibility index (Phi) is 11.1. The first-order valence-electron chi connectivity index (χ1n) is 7.84. The van der Waals surface area contributed by atoms with E-state index in [2.05, 4.69) is 6.92 Å². The van der Waals surface area contributed by atoms with Crippen LogP contribution in [0.2, 0.25) is 0 Å². The van der Waals surface area contributed by atoms with Gasteiger partial charge in [-0.15, -0.1) is 0 Å². The van der Waals surface area contributed by atoms with Gasteiger partial charge in [0.2, 0.25) is 5.91 Å². The highest BCUT2D eigenvalue weighted by atomic mass is 16.4. The Morgan fingerprint density at radius 3 is 1.95 bits per heavy atom. The normalized spacial score (nSPS) is 11.9. The molecule has 0 spiro atoms. The van der Waals surface area contributed by atoms with Gasteiger partial charge in [0, 0.05) is 19.4 Å². The highest BCUT2D eigenvalue weighted by molar-refractivity contribution is 5.95. The number of aliphatic hydroxyl groups is 1. The highest BCUT2D eigenvalue weighted by Gasteiger charge is 2.33. The second-order valence-electron chi connectivity index (χ2n) is 5.28. The van der Waals surface area contributed by atoms with E-state index in [1.54, 1.807) is 0 Å². The van der Waals surface area contributed by atoms with Crippen LogP contribution in [0.1, 0.15) is 64.7 Å². The van der Waals surface area contributed by atoms with E-state index in [-0.39, 0.29) is 12.8 Å². The van der Waals surface area contributed by atoms with E-state index in [1.165, 1.54) is 6.42 Å². The second-order valence-corrected chi connectivity index (χ2v) is 5.28. The van der Waals surface area contributed by atoms with E-state index in [1.807, 2.05) is 0 Å². The monoisotopic (exact) mass is 317 g/mol. The minimum Gasteiger partial charge on any atom is -0.480 e. The summed E-state index contributed by atoms with van der Waals surface area (Å²) in [7, 11) is 0. The third kappa shape index (κ3) is 7.97. The molecule has 0 radical (unpaired) electrons. The number of carbonyl (C=O) groups is 3. The molecule has 3 N–H and O–H groups in total. The number of aliphatic hydroxyl groups excluding tert-OH is 1. The molecule has 128 valence electrons. The Morgan fingerprint density at radius 2 is 1.50 bits per heavy atom. The number of nitrogens with zero attached hydrogens (tertiary/aromatic N) is 1. The number of carbonyl (C=O) groups excluding carboxylic acids is 1. The smallest absolute Gasteiger partial charge is 0.414 e. The lowest BCUT2D eigenvalue weighted by molar-refractivity contribution is -0.149. The van der Waals surface area contributed by atoms with Crippen LogP contribution in [0, 0.1) is 0 Å². The number of amides is 2. The molecule has 0 saturated carbocycles. The fraction of sp³-hybridized carbons (Fsp3) is 0.800. The van der Waals surface area contributed by atoms with E-state index in [0.29, 0.717) is 11.3 Å². The molecule has 2 amide bonds. The predicted molar refractivity (Wildman–Crippen MR) is 80.6 cm³/mol. The molecule has 0 aliphatic carbocycles. The van der Waals surface area contributed by atoms with Gasteiger partial charge in [-0.05, 0) is 6.42 Å². The molecule has 0 aromatic carbocycles. The van der Waals surface area contributed by atoms with Crippen LogP contribution in [-0.2, 0) is 9.59 Å². The maximum absolute atomic E-state index is 11.9. The Morgan fingerprint density at radius 1 is 0.955 bits per heavy atom. The van der Waals surface area contributed by atoms with E-state index < -0.39 is 30.6 Å². The van der Waals surface area contributed by atoms with Crippen LogP contribution in [0.3, 0.4) is 0 Å². The Labute approximate surface area is 130 Å². The molecule has 0 bridgehead atoms. The molecule has 0 aromatic heterocycles. The minimum absolute atomic E-state index is 0.00921. The van der Waals surface area contributed by atoms with Gasteiger partial charge in [-0.3, -0.25) is 4.79 Å². The quantitative estimate of drug-likeness (QED) is 0.476. The van der Waals surface area contributed by atoms with Crippen molar-refractivity contribution in [1.29, 1.82) is 0 Å². The first-order valence-corrected chi connectivity index (χ1v) is 7.84. The predicted octanol–water partition coefficient (Wildman–Crippen LogP) is 2.47. The van der Waals surface area contributed by atoms with Crippen molar-refractivity contribution >= 4 is 18.0 Å². The third-order valence-corrected chi connectivity index (χ3v) is 3.47. The number of carboxylic acids is 1. The summed E-state index contributed by atoms with van der Waals surface area (Å²) in [6.07, 6.45) is 5.06. The van der Waals surface area contributed by atoms with Gasteiger partial charge < -0.3 is 15.3 Å². The Hall–Kier alpha value is -1.63. The van der Waals surface area contributed by atoms with Gasteiger partial charge in [-0.2, -0.15) is 0 Å². The lowest BCUT2D eigenvalue weighted by Gasteiger charge is -2.23. The number of aliphatic carboxylic acids is 1. The van der Waals surface area contributed by atoms with Crippen LogP contribution in [0.15, 0.2) is 0 Å². The lowest BCUT2D eigenvalue weighted by Crippen LogP contribution is -2.48. The van der Waals surface area contributed by atoms with Crippen molar-refractivity contribution in [3.63, 3.8) is 0 Å². The maximum Gasteiger partial charge on any atom is 0.414 e.